The average Bonchev–Trinajstić information content (AvgIpc) is 3.26. The van der Waals surface area contributed by atoms with E-state index in [2.05, 4.69) is 43.5 Å². The number of ether oxygens (including phenoxy) is 1. The number of aliphatic hydroxyl groups is 2. The lowest BCUT2D eigenvalue weighted by Gasteiger charge is -2.20. The van der Waals surface area contributed by atoms with Gasteiger partial charge in [0.05, 0.1) is 25.4 Å². The molecule has 0 saturated heterocycles. The third-order valence-electron chi connectivity index (χ3n) is 12.1. The van der Waals surface area contributed by atoms with Gasteiger partial charge in [0.25, 0.3) is 0 Å². The number of allylic oxidation sites excluding steroid dienone is 5. The lowest BCUT2D eigenvalue weighted by molar-refractivity contribution is -0.143. The van der Waals surface area contributed by atoms with Crippen molar-refractivity contribution in [2.75, 3.05) is 13.2 Å². The predicted molar refractivity (Wildman–Crippen MR) is 264 cm³/mol. The zero-order valence-electron chi connectivity index (χ0n) is 40.6. The molecular weight excluding hydrogens is 755 g/mol. The van der Waals surface area contributed by atoms with Gasteiger partial charge in [-0.3, -0.25) is 9.59 Å². The Morgan fingerprint density at radius 2 is 0.770 bits per heavy atom. The normalized spacial score (nSPS) is 12.9. The topological polar surface area (TPSA) is 95.9 Å². The van der Waals surface area contributed by atoms with Crippen LogP contribution in [0.25, 0.3) is 0 Å². The smallest absolute Gasteiger partial charge is 0.305 e. The molecule has 0 aliphatic heterocycles. The number of rotatable bonds is 49. The zero-order valence-corrected chi connectivity index (χ0v) is 40.6. The molecule has 0 fully saturated rings. The second-order valence-corrected chi connectivity index (χ2v) is 18.2. The number of nitrogens with one attached hydrogen (secondary N) is 1. The van der Waals surface area contributed by atoms with Crippen LogP contribution in [0.1, 0.15) is 277 Å². The molecule has 0 radical (unpaired) electrons. The van der Waals surface area contributed by atoms with Crippen LogP contribution in [0.3, 0.4) is 0 Å². The Balaban J connectivity index is 3.41. The minimum absolute atomic E-state index is 0.0000670. The molecule has 0 spiro atoms. The molecule has 2 atom stereocenters. The molecule has 1 amide bonds. The van der Waals surface area contributed by atoms with Crippen molar-refractivity contribution in [1.82, 2.24) is 5.32 Å². The molecule has 0 heterocycles. The number of aliphatic hydroxyl groups excluding tert-OH is 2. The SMILES string of the molecule is CCCCC/C=C\CCCCCCCC(=O)OCCCCCCCCCCCCCC/C=C\CCCCCCCCCC(=O)NC(CO)C(O)/C=C/CCCCCCCCC. The highest BCUT2D eigenvalue weighted by Crippen LogP contribution is 2.15. The number of carbonyl (C=O) groups excluding carboxylic acids is 2. The monoisotopic (exact) mass is 858 g/mol. The Bertz CT molecular complexity index is 993. The molecule has 0 aromatic carbocycles. The Kier molecular flexibility index (Phi) is 49.1. The molecular formula is C55H103NO5. The summed E-state index contributed by atoms with van der Waals surface area (Å²) < 4.78 is 5.46. The summed E-state index contributed by atoms with van der Waals surface area (Å²) >= 11 is 0. The Hall–Kier alpha value is -1.92. The minimum atomic E-state index is -0.846. The summed E-state index contributed by atoms with van der Waals surface area (Å²) in [5, 5.41) is 22.9. The van der Waals surface area contributed by atoms with E-state index < -0.39 is 12.1 Å². The molecule has 0 aromatic rings. The van der Waals surface area contributed by atoms with Crippen LogP contribution in [-0.2, 0) is 14.3 Å². The Morgan fingerprint density at radius 1 is 0.443 bits per heavy atom. The van der Waals surface area contributed by atoms with Crippen molar-refractivity contribution in [3.63, 3.8) is 0 Å². The summed E-state index contributed by atoms with van der Waals surface area (Å²) in [5.74, 6) is -0.0777. The van der Waals surface area contributed by atoms with Gasteiger partial charge in [0, 0.05) is 12.8 Å². The van der Waals surface area contributed by atoms with Crippen molar-refractivity contribution in [3.05, 3.63) is 36.5 Å². The van der Waals surface area contributed by atoms with Crippen LogP contribution in [0.15, 0.2) is 36.5 Å². The molecule has 0 saturated carbocycles. The van der Waals surface area contributed by atoms with Gasteiger partial charge in [0.1, 0.15) is 0 Å². The minimum Gasteiger partial charge on any atom is -0.466 e. The number of esters is 1. The number of hydrogen-bond acceptors (Lipinski definition) is 5. The molecule has 0 aliphatic carbocycles. The maximum atomic E-state index is 12.4. The maximum absolute atomic E-state index is 12.4. The number of unbranched alkanes of at least 4 members (excludes halogenated alkanes) is 34. The van der Waals surface area contributed by atoms with Gasteiger partial charge in [-0.15, -0.1) is 0 Å². The number of hydrogen-bond donors (Lipinski definition) is 3. The van der Waals surface area contributed by atoms with Crippen LogP contribution in [-0.4, -0.2) is 47.4 Å². The van der Waals surface area contributed by atoms with Crippen molar-refractivity contribution >= 4 is 11.9 Å². The molecule has 61 heavy (non-hydrogen) atoms. The molecule has 3 N–H and O–H groups in total. The van der Waals surface area contributed by atoms with E-state index >= 15 is 0 Å². The van der Waals surface area contributed by atoms with E-state index in [9.17, 15) is 19.8 Å². The summed E-state index contributed by atoms with van der Waals surface area (Å²) in [4.78, 5) is 24.4. The molecule has 2 unspecified atom stereocenters. The lowest BCUT2D eigenvalue weighted by Crippen LogP contribution is -2.45. The van der Waals surface area contributed by atoms with Crippen LogP contribution in [0, 0.1) is 0 Å². The van der Waals surface area contributed by atoms with Gasteiger partial charge >= 0.3 is 5.97 Å². The summed E-state index contributed by atoms with van der Waals surface area (Å²) in [6, 6.07) is -0.630. The van der Waals surface area contributed by atoms with Crippen LogP contribution in [0.4, 0.5) is 0 Å². The van der Waals surface area contributed by atoms with Gasteiger partial charge < -0.3 is 20.3 Å². The Labute approximate surface area is 379 Å². The van der Waals surface area contributed by atoms with Gasteiger partial charge in [-0.2, -0.15) is 0 Å². The molecule has 0 aromatic heterocycles. The third kappa shape index (κ3) is 47.4. The third-order valence-corrected chi connectivity index (χ3v) is 12.1. The maximum Gasteiger partial charge on any atom is 0.305 e. The molecule has 358 valence electrons. The van der Waals surface area contributed by atoms with Gasteiger partial charge in [0.15, 0.2) is 0 Å². The molecule has 0 bridgehead atoms. The fourth-order valence-electron chi connectivity index (χ4n) is 7.97. The second-order valence-electron chi connectivity index (χ2n) is 18.2. The quantitative estimate of drug-likeness (QED) is 0.0322. The second kappa shape index (κ2) is 50.7. The van der Waals surface area contributed by atoms with E-state index in [-0.39, 0.29) is 18.5 Å². The van der Waals surface area contributed by atoms with Crippen LogP contribution < -0.4 is 5.32 Å². The van der Waals surface area contributed by atoms with Gasteiger partial charge in [-0.05, 0) is 83.5 Å². The van der Waals surface area contributed by atoms with Gasteiger partial charge in [-0.25, -0.2) is 0 Å². The van der Waals surface area contributed by atoms with Crippen LogP contribution in [0.2, 0.25) is 0 Å². The highest BCUT2D eigenvalue weighted by Gasteiger charge is 2.18. The van der Waals surface area contributed by atoms with Crippen molar-refractivity contribution in [3.8, 4) is 0 Å². The van der Waals surface area contributed by atoms with Crippen LogP contribution in [0.5, 0.6) is 0 Å². The van der Waals surface area contributed by atoms with Crippen molar-refractivity contribution in [2.45, 2.75) is 289 Å². The molecule has 0 rings (SSSR count). The van der Waals surface area contributed by atoms with Gasteiger partial charge in [0.2, 0.25) is 5.91 Å². The first kappa shape index (κ1) is 59.1. The summed E-state index contributed by atoms with van der Waals surface area (Å²) in [6.07, 6.45) is 61.7. The van der Waals surface area contributed by atoms with E-state index in [4.69, 9.17) is 4.74 Å². The molecule has 6 nitrogen and oxygen atoms in total. The van der Waals surface area contributed by atoms with Gasteiger partial charge in [-0.1, -0.05) is 217 Å². The van der Waals surface area contributed by atoms with Crippen molar-refractivity contribution < 1.29 is 24.5 Å². The standard InChI is InChI=1S/C55H103NO5/c1-3-5-7-9-11-13-14-29-33-37-41-45-49-55(60)61-50-46-42-38-34-30-27-25-23-21-19-17-15-16-18-20-22-24-26-28-32-36-40-44-48-54(59)56-52(51-57)53(58)47-43-39-35-31-12-10-8-6-4-2/h11,13,18,20,43,47,52-53,57-58H,3-10,12,14-17,19,21-42,44-46,48-51H2,1-2H3,(H,56,59)/b13-11-,20-18-,47-43+. The van der Waals surface area contributed by atoms with Crippen molar-refractivity contribution in [2.24, 2.45) is 0 Å². The lowest BCUT2D eigenvalue weighted by atomic mass is 10.0. The fourth-order valence-corrected chi connectivity index (χ4v) is 7.97. The zero-order chi connectivity index (χ0) is 44.4. The van der Waals surface area contributed by atoms with E-state index in [1.54, 1.807) is 6.08 Å². The summed E-state index contributed by atoms with van der Waals surface area (Å²) in [5.41, 5.74) is 0. The predicted octanol–water partition coefficient (Wildman–Crippen LogP) is 16.1. The molecule has 6 heteroatoms. The first-order valence-corrected chi connectivity index (χ1v) is 26.8. The first-order valence-electron chi connectivity index (χ1n) is 26.8. The molecule has 0 aliphatic rings. The number of carbonyl (C=O) groups is 2. The summed E-state index contributed by atoms with van der Waals surface area (Å²) in [7, 11) is 0. The summed E-state index contributed by atoms with van der Waals surface area (Å²) in [6.45, 7) is 4.84. The highest BCUT2D eigenvalue weighted by molar-refractivity contribution is 5.76. The number of amides is 1. The van der Waals surface area contributed by atoms with E-state index in [0.29, 0.717) is 19.4 Å². The van der Waals surface area contributed by atoms with E-state index in [1.165, 1.54) is 199 Å². The van der Waals surface area contributed by atoms with E-state index in [0.717, 1.165) is 51.4 Å². The average molecular weight is 858 g/mol. The van der Waals surface area contributed by atoms with E-state index in [1.807, 2.05) is 6.08 Å². The fraction of sp³-hybridized carbons (Fsp3) is 0.855. The highest BCUT2D eigenvalue weighted by atomic mass is 16.5. The van der Waals surface area contributed by atoms with Crippen LogP contribution >= 0.6 is 0 Å². The van der Waals surface area contributed by atoms with Crippen molar-refractivity contribution in [1.29, 1.82) is 0 Å². The largest absolute Gasteiger partial charge is 0.466 e. The Morgan fingerprint density at radius 3 is 1.20 bits per heavy atom. The first-order chi connectivity index (χ1) is 30.0.